The van der Waals surface area contributed by atoms with Gasteiger partial charge in [-0.05, 0) is 121 Å². The second-order valence-electron chi connectivity index (χ2n) is 16.9. The van der Waals surface area contributed by atoms with Gasteiger partial charge in [-0.15, -0.1) is 0 Å². The van der Waals surface area contributed by atoms with E-state index in [1.54, 1.807) is 0 Å². The minimum Gasteiger partial charge on any atom is -0.453 e. The fraction of sp³-hybridized carbons (Fsp3) is 0.478. The first-order valence-corrected chi connectivity index (χ1v) is 22.4. The van der Waals surface area contributed by atoms with Crippen molar-refractivity contribution in [1.82, 2.24) is 41.0 Å². The Kier molecular flexibility index (Phi) is 12.3. The molecule has 0 radical (unpaired) electrons. The zero-order valence-corrected chi connectivity index (χ0v) is 35.4. The molecule has 1 unspecified atom stereocenters. The van der Waals surface area contributed by atoms with Crippen LogP contribution in [0.25, 0.3) is 38.9 Å². The average Bonchev–Trinajstić information content (AvgIpc) is 4.11. The van der Waals surface area contributed by atoms with Crippen LogP contribution in [0.3, 0.4) is 0 Å². The highest BCUT2D eigenvalue weighted by atomic mass is 32.2. The second-order valence-corrected chi connectivity index (χ2v) is 18.1. The third-order valence-electron chi connectivity index (χ3n) is 13.2. The molecule has 3 saturated heterocycles. The van der Waals surface area contributed by atoms with Crippen molar-refractivity contribution in [3.05, 3.63) is 84.4 Å². The van der Waals surface area contributed by atoms with E-state index in [1.165, 1.54) is 7.11 Å². The Hall–Kier alpha value is -4.85. The van der Waals surface area contributed by atoms with Gasteiger partial charge in [-0.25, -0.2) is 9.78 Å². The average molecular weight is 819 g/mol. The van der Waals surface area contributed by atoms with E-state index in [2.05, 4.69) is 96.7 Å². The first kappa shape index (κ1) is 40.9. The van der Waals surface area contributed by atoms with Gasteiger partial charge in [0.15, 0.2) is 0 Å². The molecule has 0 aliphatic carbocycles. The quantitative estimate of drug-likeness (QED) is 0.0947. The molecule has 4 aromatic rings. The van der Waals surface area contributed by atoms with E-state index in [0.29, 0.717) is 12.5 Å². The molecule has 312 valence electrons. The van der Waals surface area contributed by atoms with E-state index in [-0.39, 0.29) is 36.1 Å². The number of methoxy groups -OCH3 is 1. The highest BCUT2D eigenvalue weighted by molar-refractivity contribution is 7.99. The molecule has 3 fully saturated rings. The SMILES string of the molecule is CN[C@H](C(=O)N1CCC[C@H]1c1ncc(-c2ccc(-c3ccc4cc(C5=CNC([C@@H]6CCCN6C[C@](C=O)(NC(=O)OC)C(C)C)N5)ccc4c3)cc2)[nH]1)C1CCSCC1. The highest BCUT2D eigenvalue weighted by Crippen LogP contribution is 2.36. The number of aldehydes is 1. The molecule has 8 rings (SSSR count). The van der Waals surface area contributed by atoms with Crippen LogP contribution in [0.1, 0.15) is 69.8 Å². The van der Waals surface area contributed by atoms with Crippen LogP contribution >= 0.6 is 11.8 Å². The van der Waals surface area contributed by atoms with Crippen LogP contribution < -0.4 is 21.3 Å². The lowest BCUT2D eigenvalue weighted by Crippen LogP contribution is -2.62. The number of aromatic nitrogens is 2. The molecule has 0 spiro atoms. The molecular weight excluding hydrogens is 761 g/mol. The highest BCUT2D eigenvalue weighted by Gasteiger charge is 2.43. The third kappa shape index (κ3) is 8.47. The van der Waals surface area contributed by atoms with Gasteiger partial charge >= 0.3 is 6.09 Å². The van der Waals surface area contributed by atoms with Crippen LogP contribution in [-0.2, 0) is 14.3 Å². The normalized spacial score (nSPS) is 22.8. The molecule has 1 aromatic heterocycles. The number of benzene rings is 3. The third-order valence-corrected chi connectivity index (χ3v) is 14.2. The summed E-state index contributed by atoms with van der Waals surface area (Å²) in [6.45, 7) is 5.92. The van der Waals surface area contributed by atoms with Gasteiger partial charge in [0.25, 0.3) is 0 Å². The van der Waals surface area contributed by atoms with Crippen LogP contribution in [0.5, 0.6) is 0 Å². The lowest BCUT2D eigenvalue weighted by molar-refractivity contribution is -0.136. The number of hydrogen-bond acceptors (Lipinski definition) is 10. The van der Waals surface area contributed by atoms with E-state index in [1.807, 2.05) is 45.1 Å². The number of nitrogens with one attached hydrogen (secondary N) is 5. The van der Waals surface area contributed by atoms with E-state index in [0.717, 1.165) is 120 Å². The molecule has 5 atom stereocenters. The standard InChI is InChI=1S/C46H58N8O4S/c1-29(2)46(28-55,52-45(57)58-4)27-53-19-5-7-39(53)42-48-26-38(51-42)36-16-15-34-23-33(13-14-35(34)24-36)30-9-11-31(12-10-30)37-25-49-43(50-37)40-8-6-20-54(40)44(56)41(47-3)32-17-21-59-22-18-32/h9-16,23-26,28-29,32,39-42,47-48,51H,5-8,17-22,27H2,1-4H3,(H,49,50)(H,52,57)/t39-,40-,41-,42?,46+/m0/s1. The summed E-state index contributed by atoms with van der Waals surface area (Å²) in [6, 6.07) is 21.7. The van der Waals surface area contributed by atoms with Gasteiger partial charge < -0.3 is 40.7 Å². The van der Waals surface area contributed by atoms with Crippen molar-refractivity contribution in [3.8, 4) is 22.4 Å². The molecule has 0 bridgehead atoms. The monoisotopic (exact) mass is 818 g/mol. The number of carbonyl (C=O) groups is 3. The molecule has 5 heterocycles. The Bertz CT molecular complexity index is 2170. The van der Waals surface area contributed by atoms with Gasteiger partial charge in [-0.1, -0.05) is 62.4 Å². The molecule has 0 saturated carbocycles. The number of rotatable bonds is 13. The zero-order valence-electron chi connectivity index (χ0n) is 34.6. The maximum atomic E-state index is 13.8. The molecule has 13 heteroatoms. The van der Waals surface area contributed by atoms with Gasteiger partial charge in [0.1, 0.15) is 23.8 Å². The summed E-state index contributed by atoms with van der Waals surface area (Å²) in [7, 11) is 3.24. The largest absolute Gasteiger partial charge is 0.453 e. The fourth-order valence-corrected chi connectivity index (χ4v) is 10.7. The van der Waals surface area contributed by atoms with Gasteiger partial charge in [0.2, 0.25) is 5.91 Å². The van der Waals surface area contributed by atoms with E-state index in [4.69, 9.17) is 9.72 Å². The van der Waals surface area contributed by atoms with Gasteiger partial charge in [0, 0.05) is 25.3 Å². The van der Waals surface area contributed by atoms with Crippen molar-refractivity contribution < 1.29 is 19.1 Å². The van der Waals surface area contributed by atoms with Crippen LogP contribution in [0.2, 0.25) is 0 Å². The summed E-state index contributed by atoms with van der Waals surface area (Å²) in [5.41, 5.74) is 5.38. The minimum atomic E-state index is -1.04. The van der Waals surface area contributed by atoms with Crippen LogP contribution in [0, 0.1) is 11.8 Å². The summed E-state index contributed by atoms with van der Waals surface area (Å²) >= 11 is 1.99. The van der Waals surface area contributed by atoms with Crippen molar-refractivity contribution in [2.45, 2.75) is 82.2 Å². The molecule has 3 aromatic carbocycles. The lowest BCUT2D eigenvalue weighted by Gasteiger charge is -2.39. The Balaban J connectivity index is 0.906. The Morgan fingerprint density at radius 1 is 0.949 bits per heavy atom. The fourth-order valence-electron chi connectivity index (χ4n) is 9.56. The number of amides is 2. The summed E-state index contributed by atoms with van der Waals surface area (Å²) in [4.78, 5) is 51.2. The van der Waals surface area contributed by atoms with Gasteiger partial charge in [0.05, 0.1) is 36.8 Å². The number of aromatic amines is 1. The number of nitrogens with zero attached hydrogens (tertiary/aromatic N) is 3. The number of ether oxygens (including phenoxy) is 1. The zero-order chi connectivity index (χ0) is 41.1. The molecule has 12 nitrogen and oxygen atoms in total. The lowest BCUT2D eigenvalue weighted by atomic mass is 9.87. The Morgan fingerprint density at radius 3 is 2.36 bits per heavy atom. The number of thioether (sulfide) groups is 1. The van der Waals surface area contributed by atoms with E-state index < -0.39 is 11.6 Å². The number of carbonyl (C=O) groups excluding carboxylic acids is 3. The summed E-state index contributed by atoms with van der Waals surface area (Å²) < 4.78 is 4.86. The second kappa shape index (κ2) is 17.8. The van der Waals surface area contributed by atoms with Gasteiger partial charge in [-0.3, -0.25) is 9.69 Å². The topological polar surface area (TPSA) is 144 Å². The van der Waals surface area contributed by atoms with E-state index >= 15 is 0 Å². The minimum absolute atomic E-state index is 0.0264. The van der Waals surface area contributed by atoms with E-state index in [9.17, 15) is 14.4 Å². The molecule has 59 heavy (non-hydrogen) atoms. The maximum Gasteiger partial charge on any atom is 0.407 e. The summed E-state index contributed by atoms with van der Waals surface area (Å²) in [6.07, 6.45) is 10.2. The molecular formula is C46H58N8O4S. The van der Waals surface area contributed by atoms with Crippen LogP contribution in [0.4, 0.5) is 4.79 Å². The first-order chi connectivity index (χ1) is 28.7. The number of imidazole rings is 1. The van der Waals surface area contributed by atoms with Crippen molar-refractivity contribution in [2.24, 2.45) is 11.8 Å². The Labute approximate surface area is 351 Å². The smallest absolute Gasteiger partial charge is 0.407 e. The first-order valence-electron chi connectivity index (χ1n) is 21.2. The number of H-pyrrole nitrogens is 1. The predicted octanol–water partition coefficient (Wildman–Crippen LogP) is 6.52. The molecule has 4 aliphatic heterocycles. The van der Waals surface area contributed by atoms with Crippen molar-refractivity contribution in [1.29, 1.82) is 0 Å². The summed E-state index contributed by atoms with van der Waals surface area (Å²) in [5.74, 6) is 3.62. The molecule has 4 aliphatic rings. The number of fused-ring (bicyclic) bond motifs is 1. The van der Waals surface area contributed by atoms with Crippen LogP contribution in [0.15, 0.2) is 73.1 Å². The van der Waals surface area contributed by atoms with Gasteiger partial charge in [-0.2, -0.15) is 11.8 Å². The number of likely N-dealkylation sites (N-methyl/N-ethyl adjacent to an activating group) is 1. The predicted molar refractivity (Wildman–Crippen MR) is 235 cm³/mol. The summed E-state index contributed by atoms with van der Waals surface area (Å²) in [5, 5.41) is 15.8. The number of likely N-dealkylation sites (tertiary alicyclic amines) is 2. The Morgan fingerprint density at radius 2 is 1.64 bits per heavy atom. The van der Waals surface area contributed by atoms with Crippen LogP contribution in [-0.4, -0.2) is 107 Å². The molecule has 2 amide bonds. The van der Waals surface area contributed by atoms with Crippen molar-refractivity contribution in [3.63, 3.8) is 0 Å². The number of hydrogen-bond donors (Lipinski definition) is 5. The van der Waals surface area contributed by atoms with Crippen molar-refractivity contribution >= 4 is 46.5 Å². The number of alkyl carbamates (subject to hydrolysis) is 1. The maximum absolute atomic E-state index is 13.8. The van der Waals surface area contributed by atoms with Crippen molar-refractivity contribution in [2.75, 3.05) is 45.3 Å². The molecule has 5 N–H and O–H groups in total.